The van der Waals surface area contributed by atoms with E-state index in [-0.39, 0.29) is 5.56 Å². The van der Waals surface area contributed by atoms with Gasteiger partial charge in [0.1, 0.15) is 6.10 Å². The Kier molecular flexibility index (Phi) is 3.21. The first-order chi connectivity index (χ1) is 6.45. The number of aliphatic hydroxyl groups is 1. The molecule has 1 aromatic carbocycles. The predicted octanol–water partition coefficient (Wildman–Crippen LogP) is 2.94. The molecule has 1 aromatic rings. The SMILES string of the molecule is CCc1cccc(C(O)C(C)(F)F)c1. The molecule has 1 N–H and O–H groups in total. The third kappa shape index (κ3) is 2.51. The summed E-state index contributed by atoms with van der Waals surface area (Å²) in [4.78, 5) is 0. The number of rotatable bonds is 3. The molecule has 0 heterocycles. The first-order valence-electron chi connectivity index (χ1n) is 4.60. The van der Waals surface area contributed by atoms with Gasteiger partial charge in [0.05, 0.1) is 0 Å². The Morgan fingerprint density at radius 1 is 1.43 bits per heavy atom. The van der Waals surface area contributed by atoms with Gasteiger partial charge in [-0.3, -0.25) is 0 Å². The summed E-state index contributed by atoms with van der Waals surface area (Å²) in [6, 6.07) is 6.66. The highest BCUT2D eigenvalue weighted by atomic mass is 19.3. The third-order valence-electron chi connectivity index (χ3n) is 2.16. The van der Waals surface area contributed by atoms with E-state index in [0.29, 0.717) is 0 Å². The number of benzene rings is 1. The maximum absolute atomic E-state index is 12.8. The lowest BCUT2D eigenvalue weighted by atomic mass is 10.0. The van der Waals surface area contributed by atoms with Crippen molar-refractivity contribution in [3.05, 3.63) is 35.4 Å². The topological polar surface area (TPSA) is 20.2 Å². The second kappa shape index (κ2) is 4.05. The van der Waals surface area contributed by atoms with Crippen molar-refractivity contribution in [2.24, 2.45) is 0 Å². The van der Waals surface area contributed by atoms with Crippen LogP contribution in [0.4, 0.5) is 8.78 Å². The Morgan fingerprint density at radius 3 is 2.57 bits per heavy atom. The standard InChI is InChI=1S/C11H14F2O/c1-3-8-5-4-6-9(7-8)10(14)11(2,12)13/h4-7,10,14H,3H2,1-2H3. The van der Waals surface area contributed by atoms with Crippen LogP contribution in [0.15, 0.2) is 24.3 Å². The molecule has 3 heteroatoms. The summed E-state index contributed by atoms with van der Waals surface area (Å²) < 4.78 is 25.6. The van der Waals surface area contributed by atoms with Gasteiger partial charge in [-0.2, -0.15) is 0 Å². The lowest BCUT2D eigenvalue weighted by Gasteiger charge is -2.18. The number of hydrogen-bond acceptors (Lipinski definition) is 1. The van der Waals surface area contributed by atoms with Crippen molar-refractivity contribution in [1.29, 1.82) is 0 Å². The van der Waals surface area contributed by atoms with Gasteiger partial charge < -0.3 is 5.11 Å². The molecule has 0 amide bonds. The first-order valence-corrected chi connectivity index (χ1v) is 4.60. The maximum atomic E-state index is 12.8. The van der Waals surface area contributed by atoms with Gasteiger partial charge in [0.25, 0.3) is 5.92 Å². The third-order valence-corrected chi connectivity index (χ3v) is 2.16. The van der Waals surface area contributed by atoms with Gasteiger partial charge in [0, 0.05) is 6.92 Å². The smallest absolute Gasteiger partial charge is 0.274 e. The normalized spacial score (nSPS) is 14.1. The number of hydrogen-bond donors (Lipinski definition) is 1. The molecule has 0 saturated carbocycles. The molecule has 1 atom stereocenters. The highest BCUT2D eigenvalue weighted by molar-refractivity contribution is 5.26. The van der Waals surface area contributed by atoms with E-state index in [1.54, 1.807) is 12.1 Å². The van der Waals surface area contributed by atoms with E-state index in [4.69, 9.17) is 0 Å². The minimum absolute atomic E-state index is 0.275. The van der Waals surface area contributed by atoms with Gasteiger partial charge in [-0.1, -0.05) is 31.2 Å². The van der Waals surface area contributed by atoms with Gasteiger partial charge in [0.15, 0.2) is 0 Å². The Labute approximate surface area is 82.4 Å². The fraction of sp³-hybridized carbons (Fsp3) is 0.455. The summed E-state index contributed by atoms with van der Waals surface area (Å²) in [5.74, 6) is -3.09. The zero-order chi connectivity index (χ0) is 10.8. The van der Waals surface area contributed by atoms with Crippen molar-refractivity contribution in [2.75, 3.05) is 0 Å². The van der Waals surface area contributed by atoms with Crippen LogP contribution in [0.2, 0.25) is 0 Å². The molecule has 0 saturated heterocycles. The molecule has 0 aliphatic rings. The fourth-order valence-electron chi connectivity index (χ4n) is 1.28. The molecule has 1 nitrogen and oxygen atoms in total. The molecule has 0 radical (unpaired) electrons. The average molecular weight is 200 g/mol. The maximum Gasteiger partial charge on any atom is 0.274 e. The summed E-state index contributed by atoms with van der Waals surface area (Å²) in [6.45, 7) is 2.66. The minimum Gasteiger partial charge on any atom is -0.382 e. The molecule has 0 spiro atoms. The minimum atomic E-state index is -3.09. The van der Waals surface area contributed by atoms with E-state index in [1.807, 2.05) is 13.0 Å². The van der Waals surface area contributed by atoms with Crippen LogP contribution in [-0.2, 0) is 6.42 Å². The molecule has 0 aromatic heterocycles. The first kappa shape index (κ1) is 11.1. The summed E-state index contributed by atoms with van der Waals surface area (Å²) in [7, 11) is 0. The summed E-state index contributed by atoms with van der Waals surface area (Å²) in [5.41, 5.74) is 1.22. The second-order valence-electron chi connectivity index (χ2n) is 3.46. The fourth-order valence-corrected chi connectivity index (χ4v) is 1.28. The Bertz CT molecular complexity index is 304. The van der Waals surface area contributed by atoms with Crippen LogP contribution in [0.25, 0.3) is 0 Å². The number of halogens is 2. The van der Waals surface area contributed by atoms with Crippen LogP contribution in [0.3, 0.4) is 0 Å². The zero-order valence-electron chi connectivity index (χ0n) is 8.30. The van der Waals surface area contributed by atoms with Crippen LogP contribution < -0.4 is 0 Å². The van der Waals surface area contributed by atoms with Crippen molar-refractivity contribution in [3.63, 3.8) is 0 Å². The quantitative estimate of drug-likeness (QED) is 0.795. The predicted molar refractivity (Wildman–Crippen MR) is 51.4 cm³/mol. The van der Waals surface area contributed by atoms with Crippen LogP contribution in [-0.4, -0.2) is 11.0 Å². The van der Waals surface area contributed by atoms with Gasteiger partial charge >= 0.3 is 0 Å². The lowest BCUT2D eigenvalue weighted by Crippen LogP contribution is -2.21. The highest BCUT2D eigenvalue weighted by Gasteiger charge is 2.33. The highest BCUT2D eigenvalue weighted by Crippen LogP contribution is 2.30. The van der Waals surface area contributed by atoms with Crippen LogP contribution in [0, 0.1) is 0 Å². The van der Waals surface area contributed by atoms with Crippen molar-refractivity contribution in [3.8, 4) is 0 Å². The van der Waals surface area contributed by atoms with E-state index in [1.165, 1.54) is 6.07 Å². The molecular weight excluding hydrogens is 186 g/mol. The molecule has 78 valence electrons. The number of aryl methyl sites for hydroxylation is 1. The van der Waals surface area contributed by atoms with E-state index < -0.39 is 12.0 Å². The van der Waals surface area contributed by atoms with Gasteiger partial charge in [-0.15, -0.1) is 0 Å². The average Bonchev–Trinajstić information content (AvgIpc) is 2.15. The number of aliphatic hydroxyl groups excluding tert-OH is 1. The Hall–Kier alpha value is -0.960. The monoisotopic (exact) mass is 200 g/mol. The molecule has 1 rings (SSSR count). The van der Waals surface area contributed by atoms with Crippen molar-refractivity contribution in [2.45, 2.75) is 32.3 Å². The van der Waals surface area contributed by atoms with E-state index in [9.17, 15) is 13.9 Å². The van der Waals surface area contributed by atoms with Gasteiger partial charge in [-0.25, -0.2) is 8.78 Å². The summed E-state index contributed by atoms with van der Waals surface area (Å²) >= 11 is 0. The van der Waals surface area contributed by atoms with E-state index >= 15 is 0 Å². The zero-order valence-corrected chi connectivity index (χ0v) is 8.30. The molecule has 0 fully saturated rings. The van der Waals surface area contributed by atoms with E-state index in [2.05, 4.69) is 0 Å². The Balaban J connectivity index is 2.95. The molecule has 14 heavy (non-hydrogen) atoms. The van der Waals surface area contributed by atoms with Crippen LogP contribution >= 0.6 is 0 Å². The number of alkyl halides is 2. The summed E-state index contributed by atoms with van der Waals surface area (Å²) in [5, 5.41) is 9.33. The summed E-state index contributed by atoms with van der Waals surface area (Å²) in [6.07, 6.45) is -0.940. The Morgan fingerprint density at radius 2 is 2.07 bits per heavy atom. The van der Waals surface area contributed by atoms with Crippen LogP contribution in [0.1, 0.15) is 31.1 Å². The molecule has 1 unspecified atom stereocenters. The lowest BCUT2D eigenvalue weighted by molar-refractivity contribution is -0.0954. The molecule has 0 aliphatic heterocycles. The molecule has 0 bridgehead atoms. The van der Waals surface area contributed by atoms with Gasteiger partial charge in [0.2, 0.25) is 0 Å². The second-order valence-corrected chi connectivity index (χ2v) is 3.46. The van der Waals surface area contributed by atoms with Crippen molar-refractivity contribution < 1.29 is 13.9 Å². The van der Waals surface area contributed by atoms with Crippen molar-refractivity contribution >= 4 is 0 Å². The molecule has 0 aliphatic carbocycles. The largest absolute Gasteiger partial charge is 0.382 e. The molecular formula is C11H14F2O. The van der Waals surface area contributed by atoms with E-state index in [0.717, 1.165) is 18.9 Å². The van der Waals surface area contributed by atoms with Crippen molar-refractivity contribution in [1.82, 2.24) is 0 Å². The van der Waals surface area contributed by atoms with Gasteiger partial charge in [-0.05, 0) is 17.5 Å². The van der Waals surface area contributed by atoms with Crippen LogP contribution in [0.5, 0.6) is 0 Å².